The fraction of sp³-hybridized carbons (Fsp3) is 0.429. The molecule has 1 unspecified atom stereocenters. The molecule has 18 heavy (non-hydrogen) atoms. The van der Waals surface area contributed by atoms with Gasteiger partial charge in [-0.25, -0.2) is 0 Å². The zero-order valence-electron chi connectivity index (χ0n) is 10.7. The van der Waals surface area contributed by atoms with Crippen molar-refractivity contribution < 1.29 is 19.4 Å². The van der Waals surface area contributed by atoms with E-state index in [-0.39, 0.29) is 6.61 Å². The number of aryl methyl sites for hydroxylation is 1. The average molecular weight is 250 g/mol. The van der Waals surface area contributed by atoms with Crippen LogP contribution >= 0.6 is 0 Å². The third-order valence-corrected chi connectivity index (χ3v) is 2.62. The van der Waals surface area contributed by atoms with Crippen molar-refractivity contribution in [2.24, 2.45) is 0 Å². The van der Waals surface area contributed by atoms with Crippen LogP contribution in [0.3, 0.4) is 0 Å². The number of esters is 1. The standard InChI is InChI=1S/C14H18O4/c1-3-5-10-6-8-11(9-7-10)12(13(15)16)14(17)18-4-2/h6-9,12H,3-5H2,1-2H3,(H,15,16). The summed E-state index contributed by atoms with van der Waals surface area (Å²) in [6, 6.07) is 7.07. The monoisotopic (exact) mass is 250 g/mol. The number of hydrogen-bond donors (Lipinski definition) is 1. The molecule has 0 aliphatic rings. The first-order chi connectivity index (χ1) is 8.60. The Morgan fingerprint density at radius 2 is 1.83 bits per heavy atom. The molecule has 4 heteroatoms. The van der Waals surface area contributed by atoms with E-state index in [1.165, 1.54) is 0 Å². The maximum atomic E-state index is 11.6. The molecule has 0 aliphatic heterocycles. The summed E-state index contributed by atoms with van der Waals surface area (Å²) in [4.78, 5) is 22.7. The number of hydrogen-bond acceptors (Lipinski definition) is 3. The maximum Gasteiger partial charge on any atom is 0.324 e. The minimum absolute atomic E-state index is 0.177. The predicted molar refractivity (Wildman–Crippen MR) is 67.4 cm³/mol. The SMILES string of the molecule is CCCc1ccc(C(C(=O)O)C(=O)OCC)cc1. The number of carboxylic acids is 1. The van der Waals surface area contributed by atoms with E-state index in [0.717, 1.165) is 18.4 Å². The quantitative estimate of drug-likeness (QED) is 0.622. The zero-order valence-corrected chi connectivity index (χ0v) is 10.7. The molecule has 0 saturated heterocycles. The molecule has 98 valence electrons. The Balaban J connectivity index is 2.92. The summed E-state index contributed by atoms with van der Waals surface area (Å²) in [5, 5.41) is 9.10. The minimum atomic E-state index is -1.24. The van der Waals surface area contributed by atoms with E-state index >= 15 is 0 Å². The van der Waals surface area contributed by atoms with Gasteiger partial charge in [-0.2, -0.15) is 0 Å². The summed E-state index contributed by atoms with van der Waals surface area (Å²) in [6.07, 6.45) is 1.97. The smallest absolute Gasteiger partial charge is 0.324 e. The van der Waals surface area contributed by atoms with Crippen LogP contribution in [0.25, 0.3) is 0 Å². The molecule has 1 aromatic carbocycles. The van der Waals surface area contributed by atoms with Gasteiger partial charge in [-0.05, 0) is 24.5 Å². The second-order valence-electron chi connectivity index (χ2n) is 4.01. The maximum absolute atomic E-state index is 11.6. The van der Waals surface area contributed by atoms with Gasteiger partial charge in [0, 0.05) is 0 Å². The first-order valence-electron chi connectivity index (χ1n) is 6.08. The summed E-state index contributed by atoms with van der Waals surface area (Å²) in [5.74, 6) is -3.13. The van der Waals surface area contributed by atoms with Gasteiger partial charge in [-0.15, -0.1) is 0 Å². The molecule has 0 amide bonds. The molecule has 0 spiro atoms. The van der Waals surface area contributed by atoms with Crippen LogP contribution in [0.2, 0.25) is 0 Å². The molecule has 0 radical (unpaired) electrons. The van der Waals surface area contributed by atoms with E-state index in [9.17, 15) is 9.59 Å². The van der Waals surface area contributed by atoms with Crippen LogP contribution in [0.1, 0.15) is 37.3 Å². The average Bonchev–Trinajstić information content (AvgIpc) is 2.32. The Bertz CT molecular complexity index is 408. The van der Waals surface area contributed by atoms with Crippen molar-refractivity contribution in [3.63, 3.8) is 0 Å². The summed E-state index contributed by atoms with van der Waals surface area (Å²) in [7, 11) is 0. The predicted octanol–water partition coefficient (Wildman–Crippen LogP) is 2.37. The number of aliphatic carboxylic acids is 1. The highest BCUT2D eigenvalue weighted by atomic mass is 16.5. The highest BCUT2D eigenvalue weighted by molar-refractivity contribution is 5.99. The molecule has 1 atom stereocenters. The van der Waals surface area contributed by atoms with Crippen LogP contribution in [0.15, 0.2) is 24.3 Å². The van der Waals surface area contributed by atoms with E-state index in [4.69, 9.17) is 9.84 Å². The van der Waals surface area contributed by atoms with Crippen LogP contribution in [0.5, 0.6) is 0 Å². The largest absolute Gasteiger partial charge is 0.480 e. The lowest BCUT2D eigenvalue weighted by molar-refractivity contribution is -0.153. The summed E-state index contributed by atoms with van der Waals surface area (Å²) in [5.41, 5.74) is 1.59. The molecule has 0 aliphatic carbocycles. The Labute approximate surface area is 107 Å². The van der Waals surface area contributed by atoms with Crippen LogP contribution in [-0.2, 0) is 20.7 Å². The Kier molecular flexibility index (Phi) is 5.36. The van der Waals surface area contributed by atoms with Gasteiger partial charge in [0.1, 0.15) is 0 Å². The number of carbonyl (C=O) groups excluding carboxylic acids is 1. The van der Waals surface area contributed by atoms with Gasteiger partial charge in [0.2, 0.25) is 0 Å². The third-order valence-electron chi connectivity index (χ3n) is 2.62. The molecule has 1 aromatic rings. The van der Waals surface area contributed by atoms with Gasteiger partial charge in [0.25, 0.3) is 0 Å². The second-order valence-corrected chi connectivity index (χ2v) is 4.01. The van der Waals surface area contributed by atoms with Crippen LogP contribution in [-0.4, -0.2) is 23.7 Å². The molecule has 0 saturated carbocycles. The molecular weight excluding hydrogens is 232 g/mol. The van der Waals surface area contributed by atoms with Crippen molar-refractivity contribution in [2.45, 2.75) is 32.6 Å². The van der Waals surface area contributed by atoms with E-state index in [2.05, 4.69) is 6.92 Å². The van der Waals surface area contributed by atoms with Gasteiger partial charge in [0.15, 0.2) is 5.92 Å². The van der Waals surface area contributed by atoms with Crippen molar-refractivity contribution in [3.8, 4) is 0 Å². The van der Waals surface area contributed by atoms with Crippen LogP contribution < -0.4 is 0 Å². The molecule has 0 bridgehead atoms. The number of carboxylic acid groups (broad SMARTS) is 1. The van der Waals surface area contributed by atoms with Crippen molar-refractivity contribution in [1.82, 2.24) is 0 Å². The first kappa shape index (κ1) is 14.2. The molecule has 4 nitrogen and oxygen atoms in total. The Hall–Kier alpha value is -1.84. The summed E-state index contributed by atoms with van der Waals surface area (Å²) < 4.78 is 4.78. The van der Waals surface area contributed by atoms with Gasteiger partial charge in [0.05, 0.1) is 6.61 Å². The van der Waals surface area contributed by atoms with Crippen LogP contribution in [0.4, 0.5) is 0 Å². The number of ether oxygens (including phenoxy) is 1. The summed E-state index contributed by atoms with van der Waals surface area (Å²) in [6.45, 7) is 3.91. The topological polar surface area (TPSA) is 63.6 Å². The fourth-order valence-electron chi connectivity index (χ4n) is 1.77. The normalized spacial score (nSPS) is 11.9. The van der Waals surface area contributed by atoms with E-state index in [1.54, 1.807) is 19.1 Å². The first-order valence-corrected chi connectivity index (χ1v) is 6.08. The third kappa shape index (κ3) is 3.58. The lowest BCUT2D eigenvalue weighted by atomic mass is 9.97. The van der Waals surface area contributed by atoms with Crippen molar-refractivity contribution in [2.75, 3.05) is 6.61 Å². The molecule has 0 fully saturated rings. The second kappa shape index (κ2) is 6.79. The van der Waals surface area contributed by atoms with Crippen molar-refractivity contribution >= 4 is 11.9 Å². The van der Waals surface area contributed by atoms with E-state index in [0.29, 0.717) is 5.56 Å². The van der Waals surface area contributed by atoms with Crippen LogP contribution in [0, 0.1) is 0 Å². The van der Waals surface area contributed by atoms with Gasteiger partial charge < -0.3 is 9.84 Å². The summed E-state index contributed by atoms with van der Waals surface area (Å²) >= 11 is 0. The zero-order chi connectivity index (χ0) is 13.5. The number of carbonyl (C=O) groups is 2. The molecule has 0 heterocycles. The highest BCUT2D eigenvalue weighted by Gasteiger charge is 2.29. The molecular formula is C14H18O4. The van der Waals surface area contributed by atoms with Crippen molar-refractivity contribution in [3.05, 3.63) is 35.4 Å². The Morgan fingerprint density at radius 3 is 2.28 bits per heavy atom. The highest BCUT2D eigenvalue weighted by Crippen LogP contribution is 2.19. The molecule has 0 aromatic heterocycles. The lowest BCUT2D eigenvalue weighted by Gasteiger charge is -2.12. The van der Waals surface area contributed by atoms with Gasteiger partial charge >= 0.3 is 11.9 Å². The minimum Gasteiger partial charge on any atom is -0.480 e. The fourth-order valence-corrected chi connectivity index (χ4v) is 1.77. The van der Waals surface area contributed by atoms with Gasteiger partial charge in [-0.3, -0.25) is 9.59 Å². The molecule has 1 rings (SSSR count). The number of benzene rings is 1. The lowest BCUT2D eigenvalue weighted by Crippen LogP contribution is -2.23. The van der Waals surface area contributed by atoms with E-state index in [1.807, 2.05) is 12.1 Å². The van der Waals surface area contributed by atoms with E-state index < -0.39 is 17.9 Å². The van der Waals surface area contributed by atoms with Gasteiger partial charge in [-0.1, -0.05) is 37.6 Å². The molecule has 1 N–H and O–H groups in total. The Morgan fingerprint density at radius 1 is 1.22 bits per heavy atom. The van der Waals surface area contributed by atoms with Crippen molar-refractivity contribution in [1.29, 1.82) is 0 Å². The number of rotatable bonds is 6.